The molecule has 0 atom stereocenters. The van der Waals surface area contributed by atoms with Gasteiger partial charge in [-0.3, -0.25) is 10.1 Å². The van der Waals surface area contributed by atoms with Crippen LogP contribution in [0.15, 0.2) is 58.4 Å². The molecule has 128 valence electrons. The van der Waals surface area contributed by atoms with Crippen LogP contribution >= 0.6 is 27.3 Å². The molecule has 0 aliphatic heterocycles. The van der Waals surface area contributed by atoms with E-state index in [2.05, 4.69) is 26.2 Å². The van der Waals surface area contributed by atoms with Gasteiger partial charge < -0.3 is 9.47 Å². The van der Waals surface area contributed by atoms with Crippen LogP contribution in [0.4, 0.5) is 5.13 Å². The van der Waals surface area contributed by atoms with Gasteiger partial charge in [0.05, 0.1) is 17.3 Å². The van der Waals surface area contributed by atoms with Crippen LogP contribution in [0.1, 0.15) is 0 Å². The average Bonchev–Trinajstić information content (AvgIpc) is 3.09. The fourth-order valence-electron chi connectivity index (χ4n) is 2.17. The summed E-state index contributed by atoms with van der Waals surface area (Å²) in [6.45, 7) is -0.0911. The van der Waals surface area contributed by atoms with Gasteiger partial charge in [-0.1, -0.05) is 24.3 Å². The average molecular weight is 419 g/mol. The van der Waals surface area contributed by atoms with E-state index < -0.39 is 0 Å². The van der Waals surface area contributed by atoms with Crippen LogP contribution < -0.4 is 14.8 Å². The number of aromatic nitrogens is 1. The second kappa shape index (κ2) is 8.13. The van der Waals surface area contributed by atoms with Crippen molar-refractivity contribution >= 4 is 38.3 Å². The van der Waals surface area contributed by atoms with Crippen molar-refractivity contribution in [3.05, 3.63) is 58.4 Å². The van der Waals surface area contributed by atoms with Crippen LogP contribution in [0.25, 0.3) is 11.3 Å². The summed E-state index contributed by atoms with van der Waals surface area (Å²) in [6, 6.07) is 15.0. The third-order valence-electron chi connectivity index (χ3n) is 3.33. The lowest BCUT2D eigenvalue weighted by molar-refractivity contribution is -0.118. The van der Waals surface area contributed by atoms with Gasteiger partial charge in [-0.2, -0.15) is 0 Å². The molecule has 3 rings (SSSR count). The Morgan fingerprint density at radius 3 is 2.64 bits per heavy atom. The van der Waals surface area contributed by atoms with Gasteiger partial charge in [0.1, 0.15) is 11.5 Å². The number of anilines is 1. The largest absolute Gasteiger partial charge is 0.496 e. The summed E-state index contributed by atoms with van der Waals surface area (Å²) in [5.41, 5.74) is 1.63. The molecule has 7 heteroatoms. The lowest BCUT2D eigenvalue weighted by atomic mass is 10.1. The molecule has 2 aromatic carbocycles. The monoisotopic (exact) mass is 418 g/mol. The number of amides is 1. The van der Waals surface area contributed by atoms with E-state index in [1.54, 1.807) is 13.2 Å². The summed E-state index contributed by atoms with van der Waals surface area (Å²) in [4.78, 5) is 16.5. The van der Waals surface area contributed by atoms with E-state index in [-0.39, 0.29) is 12.5 Å². The molecule has 0 unspecified atom stereocenters. The lowest BCUT2D eigenvalue weighted by Crippen LogP contribution is -2.20. The Morgan fingerprint density at radius 2 is 1.88 bits per heavy atom. The molecule has 1 amide bonds. The highest BCUT2D eigenvalue weighted by atomic mass is 79.9. The van der Waals surface area contributed by atoms with Crippen LogP contribution in [0, 0.1) is 0 Å². The van der Waals surface area contributed by atoms with E-state index in [0.29, 0.717) is 10.9 Å². The number of methoxy groups -OCH3 is 1. The quantitative estimate of drug-likeness (QED) is 0.635. The summed E-state index contributed by atoms with van der Waals surface area (Å²) in [7, 11) is 1.62. The number of rotatable bonds is 6. The van der Waals surface area contributed by atoms with Crippen molar-refractivity contribution in [2.45, 2.75) is 0 Å². The minimum atomic E-state index is -0.267. The Balaban J connectivity index is 1.63. The van der Waals surface area contributed by atoms with Gasteiger partial charge in [-0.05, 0) is 40.2 Å². The van der Waals surface area contributed by atoms with Gasteiger partial charge in [-0.25, -0.2) is 4.98 Å². The summed E-state index contributed by atoms with van der Waals surface area (Å²) in [5, 5.41) is 5.14. The zero-order chi connectivity index (χ0) is 17.6. The number of thiazole rings is 1. The number of ether oxygens (including phenoxy) is 2. The van der Waals surface area contributed by atoms with Gasteiger partial charge in [0.15, 0.2) is 11.7 Å². The van der Waals surface area contributed by atoms with Crippen molar-refractivity contribution in [3.63, 3.8) is 0 Å². The van der Waals surface area contributed by atoms with Crippen molar-refractivity contribution in [3.8, 4) is 22.8 Å². The SMILES string of the molecule is COc1ccccc1-c1csc(NC(=O)COc2ccccc2Br)n1. The molecular weight excluding hydrogens is 404 g/mol. The first kappa shape index (κ1) is 17.4. The maximum absolute atomic E-state index is 12.1. The van der Waals surface area contributed by atoms with Crippen LogP contribution in [0.5, 0.6) is 11.5 Å². The van der Waals surface area contributed by atoms with Crippen molar-refractivity contribution in [2.24, 2.45) is 0 Å². The number of carbonyl (C=O) groups excluding carboxylic acids is 1. The summed E-state index contributed by atoms with van der Waals surface area (Å²) in [5.74, 6) is 1.09. The first-order valence-electron chi connectivity index (χ1n) is 7.43. The van der Waals surface area contributed by atoms with E-state index in [0.717, 1.165) is 21.5 Å². The third kappa shape index (κ3) is 4.37. The van der Waals surface area contributed by atoms with Crippen molar-refractivity contribution in [2.75, 3.05) is 19.0 Å². The smallest absolute Gasteiger partial charge is 0.264 e. The molecule has 5 nitrogen and oxygen atoms in total. The van der Waals surface area contributed by atoms with Crippen LogP contribution in [0.2, 0.25) is 0 Å². The number of hydrogen-bond donors (Lipinski definition) is 1. The van der Waals surface area contributed by atoms with E-state index in [1.165, 1.54) is 11.3 Å². The molecule has 1 aromatic heterocycles. The molecule has 0 aliphatic carbocycles. The highest BCUT2D eigenvalue weighted by Gasteiger charge is 2.12. The van der Waals surface area contributed by atoms with Gasteiger partial charge >= 0.3 is 0 Å². The first-order chi connectivity index (χ1) is 12.2. The van der Waals surface area contributed by atoms with Gasteiger partial charge in [0.25, 0.3) is 5.91 Å². The Labute approximate surface area is 157 Å². The topological polar surface area (TPSA) is 60.5 Å². The summed E-state index contributed by atoms with van der Waals surface area (Å²) >= 11 is 4.73. The predicted molar refractivity (Wildman–Crippen MR) is 102 cm³/mol. The molecule has 0 aliphatic rings. The Hall–Kier alpha value is -2.38. The Bertz CT molecular complexity index is 882. The van der Waals surface area contributed by atoms with Crippen LogP contribution in [-0.2, 0) is 4.79 Å². The molecule has 3 aromatic rings. The molecular formula is C18H15BrN2O3S. The highest BCUT2D eigenvalue weighted by Crippen LogP contribution is 2.31. The van der Waals surface area contributed by atoms with Crippen molar-refractivity contribution < 1.29 is 14.3 Å². The second-order valence-corrected chi connectivity index (χ2v) is 6.72. The third-order valence-corrected chi connectivity index (χ3v) is 4.74. The summed E-state index contributed by atoms with van der Waals surface area (Å²) < 4.78 is 11.6. The zero-order valence-corrected chi connectivity index (χ0v) is 15.8. The minimum Gasteiger partial charge on any atom is -0.496 e. The molecule has 0 fully saturated rings. The molecule has 0 radical (unpaired) electrons. The van der Waals surface area contributed by atoms with Crippen molar-refractivity contribution in [1.82, 2.24) is 4.98 Å². The van der Waals surface area contributed by atoms with E-state index in [1.807, 2.05) is 47.8 Å². The zero-order valence-electron chi connectivity index (χ0n) is 13.4. The van der Waals surface area contributed by atoms with E-state index >= 15 is 0 Å². The van der Waals surface area contributed by atoms with Crippen LogP contribution in [-0.4, -0.2) is 24.6 Å². The van der Waals surface area contributed by atoms with Gasteiger partial charge in [-0.15, -0.1) is 11.3 Å². The normalized spacial score (nSPS) is 10.3. The molecule has 1 N–H and O–H groups in total. The fourth-order valence-corrected chi connectivity index (χ4v) is 3.30. The van der Waals surface area contributed by atoms with Gasteiger partial charge in [0.2, 0.25) is 0 Å². The molecule has 0 saturated carbocycles. The number of carbonyl (C=O) groups is 1. The standard InChI is InChI=1S/C18H15BrN2O3S/c1-23-15-8-4-2-6-12(15)14-11-25-18(20-14)21-17(22)10-24-16-9-5-3-7-13(16)19/h2-9,11H,10H2,1H3,(H,20,21,22). The van der Waals surface area contributed by atoms with Gasteiger partial charge in [0, 0.05) is 10.9 Å². The first-order valence-corrected chi connectivity index (χ1v) is 9.10. The number of halogens is 1. The molecule has 25 heavy (non-hydrogen) atoms. The van der Waals surface area contributed by atoms with Crippen molar-refractivity contribution in [1.29, 1.82) is 0 Å². The number of nitrogens with zero attached hydrogens (tertiary/aromatic N) is 1. The second-order valence-electron chi connectivity index (χ2n) is 5.01. The Morgan fingerprint density at radius 1 is 1.16 bits per heavy atom. The molecule has 0 spiro atoms. The Kier molecular flexibility index (Phi) is 5.67. The number of para-hydroxylation sites is 2. The lowest BCUT2D eigenvalue weighted by Gasteiger charge is -2.07. The number of nitrogens with one attached hydrogen (secondary N) is 1. The fraction of sp³-hybridized carbons (Fsp3) is 0.111. The van der Waals surface area contributed by atoms with E-state index in [4.69, 9.17) is 9.47 Å². The summed E-state index contributed by atoms with van der Waals surface area (Å²) in [6.07, 6.45) is 0. The molecule has 0 bridgehead atoms. The molecule has 0 saturated heterocycles. The maximum atomic E-state index is 12.1. The highest BCUT2D eigenvalue weighted by molar-refractivity contribution is 9.10. The maximum Gasteiger partial charge on any atom is 0.264 e. The molecule has 1 heterocycles. The predicted octanol–water partition coefficient (Wildman–Crippen LogP) is 4.60. The minimum absolute atomic E-state index is 0.0911. The van der Waals surface area contributed by atoms with Crippen LogP contribution in [0.3, 0.4) is 0 Å². The number of hydrogen-bond acceptors (Lipinski definition) is 5. The number of benzene rings is 2. The van der Waals surface area contributed by atoms with E-state index in [9.17, 15) is 4.79 Å².